The second kappa shape index (κ2) is 14.8. The van der Waals surface area contributed by atoms with E-state index >= 15 is 0 Å². The molecule has 1 N–H and O–H groups in total. The van der Waals surface area contributed by atoms with Gasteiger partial charge in [0.25, 0.3) is 5.91 Å². The summed E-state index contributed by atoms with van der Waals surface area (Å²) in [5, 5.41) is 2.45. The number of hydrogen-bond acceptors (Lipinski definition) is 12. The number of ether oxygens (including phenoxy) is 6. The zero-order valence-electron chi connectivity index (χ0n) is 24.0. The van der Waals surface area contributed by atoms with E-state index in [2.05, 4.69) is 10.3 Å². The van der Waals surface area contributed by atoms with Crippen molar-refractivity contribution in [3.05, 3.63) is 53.9 Å². The molecular formula is C29H34N2O11. The van der Waals surface area contributed by atoms with E-state index in [0.717, 1.165) is 5.56 Å². The molecule has 2 heterocycles. The largest absolute Gasteiger partial charge is 0.493 e. The molecule has 2 aromatic rings. The summed E-state index contributed by atoms with van der Waals surface area (Å²) in [7, 11) is 1.33. The standard InChI is InChI=1S/C29H34N2O11/c1-16(2)27(34)42-24-17(3)41-29(36)21(14-38-28(35)20(24)13-19-9-7-6-8-10-19)31-26(33)23-25(40-15-39-18(4)32)22(37-5)11-12-30-23/h6-12,16-17,20-21,24H,13-15H2,1-5H3,(H,31,33)/t17-,20?,21-,24-/m0/s1. The summed E-state index contributed by atoms with van der Waals surface area (Å²) >= 11 is 0. The first-order valence-electron chi connectivity index (χ1n) is 13.2. The van der Waals surface area contributed by atoms with Crippen LogP contribution in [-0.4, -0.2) is 73.5 Å². The normalized spacial score (nSPS) is 20.6. The Balaban J connectivity index is 1.87. The Bertz CT molecular complexity index is 1280. The Labute approximate surface area is 242 Å². The number of carbonyl (C=O) groups is 5. The number of cyclic esters (lactones) is 2. The molecule has 1 aromatic heterocycles. The second-order valence-corrected chi connectivity index (χ2v) is 9.74. The third-order valence-electron chi connectivity index (χ3n) is 6.24. The minimum Gasteiger partial charge on any atom is -0.493 e. The molecule has 1 fully saturated rings. The van der Waals surface area contributed by atoms with E-state index in [9.17, 15) is 24.0 Å². The number of nitrogens with one attached hydrogen (secondary N) is 1. The van der Waals surface area contributed by atoms with Crippen molar-refractivity contribution in [1.29, 1.82) is 0 Å². The van der Waals surface area contributed by atoms with Crippen LogP contribution in [0, 0.1) is 11.8 Å². The molecule has 226 valence electrons. The highest BCUT2D eigenvalue weighted by molar-refractivity contribution is 5.98. The van der Waals surface area contributed by atoms with Crippen LogP contribution in [0.25, 0.3) is 0 Å². The number of carbonyl (C=O) groups excluding carboxylic acids is 5. The van der Waals surface area contributed by atoms with Gasteiger partial charge in [-0.2, -0.15) is 0 Å². The lowest BCUT2D eigenvalue weighted by Crippen LogP contribution is -2.47. The molecule has 0 aliphatic carbocycles. The van der Waals surface area contributed by atoms with Crippen LogP contribution in [0.1, 0.15) is 43.7 Å². The van der Waals surface area contributed by atoms with Crippen molar-refractivity contribution >= 4 is 29.8 Å². The third-order valence-corrected chi connectivity index (χ3v) is 6.24. The van der Waals surface area contributed by atoms with Gasteiger partial charge >= 0.3 is 23.9 Å². The van der Waals surface area contributed by atoms with Gasteiger partial charge in [-0.25, -0.2) is 9.78 Å². The van der Waals surface area contributed by atoms with Gasteiger partial charge in [-0.1, -0.05) is 44.2 Å². The number of esters is 4. The minimum absolute atomic E-state index is 0.109. The van der Waals surface area contributed by atoms with Crippen molar-refractivity contribution < 1.29 is 52.4 Å². The number of aromatic nitrogens is 1. The zero-order valence-corrected chi connectivity index (χ0v) is 24.0. The topological polar surface area (TPSA) is 166 Å². The van der Waals surface area contributed by atoms with Crippen LogP contribution in [0.4, 0.5) is 0 Å². The van der Waals surface area contributed by atoms with Gasteiger partial charge in [-0.15, -0.1) is 0 Å². The zero-order chi connectivity index (χ0) is 30.8. The molecule has 1 amide bonds. The van der Waals surface area contributed by atoms with Crippen LogP contribution in [0.15, 0.2) is 42.6 Å². The number of rotatable bonds is 10. The van der Waals surface area contributed by atoms with Crippen LogP contribution in [0.3, 0.4) is 0 Å². The van der Waals surface area contributed by atoms with Gasteiger partial charge in [0.05, 0.1) is 13.0 Å². The number of benzene rings is 1. The van der Waals surface area contributed by atoms with E-state index in [-0.39, 0.29) is 23.6 Å². The molecule has 1 saturated heterocycles. The van der Waals surface area contributed by atoms with Crippen LogP contribution in [-0.2, 0) is 44.5 Å². The molecule has 0 saturated carbocycles. The first-order valence-corrected chi connectivity index (χ1v) is 13.2. The molecule has 1 aliphatic heterocycles. The Morgan fingerprint density at radius 3 is 2.45 bits per heavy atom. The summed E-state index contributed by atoms with van der Waals surface area (Å²) in [5.74, 6) is -5.31. The monoisotopic (exact) mass is 586 g/mol. The predicted molar refractivity (Wildman–Crippen MR) is 144 cm³/mol. The Hall–Kier alpha value is -4.68. The summed E-state index contributed by atoms with van der Waals surface area (Å²) in [6.07, 6.45) is -0.813. The van der Waals surface area contributed by atoms with E-state index in [1.54, 1.807) is 26.0 Å². The average molecular weight is 587 g/mol. The summed E-state index contributed by atoms with van der Waals surface area (Å²) < 4.78 is 32.1. The maximum Gasteiger partial charge on any atom is 0.332 e. The first-order chi connectivity index (χ1) is 20.0. The number of nitrogens with zero attached hydrogens (tertiary/aromatic N) is 1. The molecule has 13 nitrogen and oxygen atoms in total. The highest BCUT2D eigenvalue weighted by atomic mass is 16.7. The molecule has 0 spiro atoms. The van der Waals surface area contributed by atoms with Gasteiger partial charge in [-0.05, 0) is 18.9 Å². The molecule has 0 radical (unpaired) electrons. The number of amides is 1. The lowest BCUT2D eigenvalue weighted by Gasteiger charge is -2.29. The van der Waals surface area contributed by atoms with Gasteiger partial charge in [0.15, 0.2) is 29.3 Å². The van der Waals surface area contributed by atoms with Crippen molar-refractivity contribution in [3.8, 4) is 11.5 Å². The van der Waals surface area contributed by atoms with E-state index in [1.807, 2.05) is 18.2 Å². The number of hydrogen-bond donors (Lipinski definition) is 1. The fraction of sp³-hybridized carbons (Fsp3) is 0.448. The van der Waals surface area contributed by atoms with Crippen LogP contribution >= 0.6 is 0 Å². The van der Waals surface area contributed by atoms with Crippen molar-refractivity contribution in [2.24, 2.45) is 11.8 Å². The SMILES string of the molecule is COc1ccnc(C(=O)N[C@H]2COC(=O)C(Cc3ccccc3)[C@@H](OC(=O)C(C)C)[C@H](C)OC2=O)c1OCOC(C)=O. The quantitative estimate of drug-likeness (QED) is 0.245. The lowest BCUT2D eigenvalue weighted by atomic mass is 9.91. The Morgan fingerprint density at radius 1 is 1.10 bits per heavy atom. The van der Waals surface area contributed by atoms with Gasteiger partial charge in [0.2, 0.25) is 6.79 Å². The number of pyridine rings is 1. The van der Waals surface area contributed by atoms with Gasteiger partial charge in [0.1, 0.15) is 18.6 Å². The predicted octanol–water partition coefficient (Wildman–Crippen LogP) is 2.00. The molecule has 1 aromatic carbocycles. The highest BCUT2D eigenvalue weighted by Crippen LogP contribution is 2.30. The highest BCUT2D eigenvalue weighted by Gasteiger charge is 2.42. The van der Waals surface area contributed by atoms with Gasteiger partial charge < -0.3 is 33.7 Å². The molecule has 1 aliphatic rings. The van der Waals surface area contributed by atoms with Crippen molar-refractivity contribution in [1.82, 2.24) is 10.3 Å². The first kappa shape index (κ1) is 31.8. The molecule has 0 bridgehead atoms. The summed E-state index contributed by atoms with van der Waals surface area (Å²) in [5.41, 5.74) is 0.484. The van der Waals surface area contributed by atoms with E-state index in [0.29, 0.717) is 0 Å². The molecular weight excluding hydrogens is 552 g/mol. The van der Waals surface area contributed by atoms with Crippen LogP contribution in [0.5, 0.6) is 11.5 Å². The van der Waals surface area contributed by atoms with Crippen molar-refractivity contribution in [2.45, 2.75) is 52.4 Å². The minimum atomic E-state index is -1.45. The van der Waals surface area contributed by atoms with Crippen molar-refractivity contribution in [2.75, 3.05) is 20.5 Å². The maximum absolute atomic E-state index is 13.4. The van der Waals surface area contributed by atoms with Crippen molar-refractivity contribution in [3.63, 3.8) is 0 Å². The maximum atomic E-state index is 13.4. The fourth-order valence-corrected chi connectivity index (χ4v) is 4.04. The second-order valence-electron chi connectivity index (χ2n) is 9.74. The van der Waals surface area contributed by atoms with E-state index in [4.69, 9.17) is 28.4 Å². The van der Waals surface area contributed by atoms with E-state index in [1.165, 1.54) is 33.2 Å². The van der Waals surface area contributed by atoms with E-state index < -0.39 is 73.3 Å². The molecule has 4 atom stereocenters. The molecule has 1 unspecified atom stereocenters. The van der Waals surface area contributed by atoms with Crippen LogP contribution in [0.2, 0.25) is 0 Å². The Kier molecular flexibility index (Phi) is 11.2. The summed E-state index contributed by atoms with van der Waals surface area (Å²) in [6, 6.07) is 9.02. The Morgan fingerprint density at radius 2 is 1.81 bits per heavy atom. The van der Waals surface area contributed by atoms with Gasteiger partial charge in [0, 0.05) is 19.2 Å². The lowest BCUT2D eigenvalue weighted by molar-refractivity contribution is -0.176. The molecule has 3 rings (SSSR count). The molecule has 42 heavy (non-hydrogen) atoms. The fourth-order valence-electron chi connectivity index (χ4n) is 4.04. The smallest absolute Gasteiger partial charge is 0.332 e. The molecule has 13 heteroatoms. The summed E-state index contributed by atoms with van der Waals surface area (Å²) in [4.78, 5) is 67.5. The third kappa shape index (κ3) is 8.41. The van der Waals surface area contributed by atoms with Gasteiger partial charge in [-0.3, -0.25) is 19.2 Å². The van der Waals surface area contributed by atoms with Crippen LogP contribution < -0.4 is 14.8 Å². The number of methoxy groups -OCH3 is 1. The summed E-state index contributed by atoms with van der Waals surface area (Å²) in [6.45, 7) is 4.86. The average Bonchev–Trinajstić information content (AvgIpc) is 2.99.